The van der Waals surface area contributed by atoms with Gasteiger partial charge < -0.3 is 4.84 Å². The zero-order chi connectivity index (χ0) is 7.40. The van der Waals surface area contributed by atoms with Gasteiger partial charge in [-0.1, -0.05) is 13.3 Å². The SMILES string of the molecule is CC1CCCCC1=CON. The standard InChI is InChI=1S/C8H15NO/c1-7-4-2-3-5-8(7)6-10-9/h6-7H,2-5,9H2,1H3. The van der Waals surface area contributed by atoms with Crippen molar-refractivity contribution < 1.29 is 4.84 Å². The molecule has 1 unspecified atom stereocenters. The van der Waals surface area contributed by atoms with Gasteiger partial charge in [-0.3, -0.25) is 0 Å². The Hall–Kier alpha value is -0.500. The van der Waals surface area contributed by atoms with E-state index in [1.807, 2.05) is 0 Å². The molecule has 0 heterocycles. The maximum atomic E-state index is 4.95. The van der Waals surface area contributed by atoms with Crippen molar-refractivity contribution in [3.63, 3.8) is 0 Å². The van der Waals surface area contributed by atoms with E-state index in [0.717, 1.165) is 0 Å². The van der Waals surface area contributed by atoms with Gasteiger partial charge in [-0.25, -0.2) is 0 Å². The topological polar surface area (TPSA) is 35.2 Å². The van der Waals surface area contributed by atoms with Gasteiger partial charge in [0, 0.05) is 0 Å². The summed E-state index contributed by atoms with van der Waals surface area (Å²) in [6.07, 6.45) is 6.79. The van der Waals surface area contributed by atoms with E-state index in [1.54, 1.807) is 6.26 Å². The molecule has 0 saturated heterocycles. The Morgan fingerprint density at radius 2 is 2.40 bits per heavy atom. The first-order valence-corrected chi connectivity index (χ1v) is 3.89. The van der Waals surface area contributed by atoms with Gasteiger partial charge in [-0.05, 0) is 30.8 Å². The van der Waals surface area contributed by atoms with Gasteiger partial charge in [0.1, 0.15) is 6.26 Å². The predicted molar refractivity (Wildman–Crippen MR) is 41.0 cm³/mol. The van der Waals surface area contributed by atoms with E-state index in [9.17, 15) is 0 Å². The smallest absolute Gasteiger partial charge is 0.110 e. The summed E-state index contributed by atoms with van der Waals surface area (Å²) in [6, 6.07) is 0. The lowest BCUT2D eigenvalue weighted by Gasteiger charge is -2.20. The first-order chi connectivity index (χ1) is 4.84. The van der Waals surface area contributed by atoms with Gasteiger partial charge >= 0.3 is 0 Å². The second kappa shape index (κ2) is 3.62. The zero-order valence-corrected chi connectivity index (χ0v) is 6.47. The van der Waals surface area contributed by atoms with Crippen LogP contribution in [0.5, 0.6) is 0 Å². The Morgan fingerprint density at radius 3 is 3.00 bits per heavy atom. The highest BCUT2D eigenvalue weighted by Crippen LogP contribution is 2.28. The third-order valence-electron chi connectivity index (χ3n) is 2.20. The van der Waals surface area contributed by atoms with Crippen molar-refractivity contribution in [2.45, 2.75) is 32.6 Å². The highest BCUT2D eigenvalue weighted by atomic mass is 16.6. The van der Waals surface area contributed by atoms with Gasteiger partial charge in [0.05, 0.1) is 0 Å². The van der Waals surface area contributed by atoms with Gasteiger partial charge in [0.15, 0.2) is 0 Å². The number of rotatable bonds is 1. The molecule has 0 amide bonds. The summed E-state index contributed by atoms with van der Waals surface area (Å²) in [6.45, 7) is 2.23. The maximum absolute atomic E-state index is 4.95. The van der Waals surface area contributed by atoms with Crippen molar-refractivity contribution in [3.05, 3.63) is 11.8 Å². The van der Waals surface area contributed by atoms with E-state index < -0.39 is 0 Å². The number of hydrogen-bond acceptors (Lipinski definition) is 2. The van der Waals surface area contributed by atoms with Crippen molar-refractivity contribution in [1.29, 1.82) is 0 Å². The van der Waals surface area contributed by atoms with Crippen LogP contribution in [0.4, 0.5) is 0 Å². The molecule has 0 aromatic heterocycles. The third kappa shape index (κ3) is 1.74. The molecular formula is C8H15NO. The molecule has 2 nitrogen and oxygen atoms in total. The van der Waals surface area contributed by atoms with Gasteiger partial charge in [-0.15, -0.1) is 0 Å². The Morgan fingerprint density at radius 1 is 1.60 bits per heavy atom. The fourth-order valence-electron chi connectivity index (χ4n) is 1.47. The van der Waals surface area contributed by atoms with Gasteiger partial charge in [0.25, 0.3) is 0 Å². The summed E-state index contributed by atoms with van der Waals surface area (Å²) >= 11 is 0. The van der Waals surface area contributed by atoms with E-state index in [1.165, 1.54) is 31.3 Å². The van der Waals surface area contributed by atoms with Crippen molar-refractivity contribution >= 4 is 0 Å². The summed E-state index contributed by atoms with van der Waals surface area (Å²) in [7, 11) is 0. The molecule has 2 heteroatoms. The van der Waals surface area contributed by atoms with Crippen molar-refractivity contribution in [2.24, 2.45) is 11.8 Å². The summed E-state index contributed by atoms with van der Waals surface area (Å²) < 4.78 is 0. The van der Waals surface area contributed by atoms with E-state index in [0.29, 0.717) is 5.92 Å². The quantitative estimate of drug-likeness (QED) is 0.447. The molecule has 0 radical (unpaired) electrons. The minimum Gasteiger partial charge on any atom is -0.419 e. The molecule has 1 saturated carbocycles. The molecule has 1 fully saturated rings. The molecule has 1 rings (SSSR count). The van der Waals surface area contributed by atoms with Crippen LogP contribution in [0.3, 0.4) is 0 Å². The monoisotopic (exact) mass is 141 g/mol. The Kier molecular flexibility index (Phi) is 2.75. The molecule has 0 aliphatic heterocycles. The minimum absolute atomic E-state index is 0.678. The normalized spacial score (nSPS) is 30.6. The summed E-state index contributed by atoms with van der Waals surface area (Å²) in [5.41, 5.74) is 1.37. The van der Waals surface area contributed by atoms with Crippen LogP contribution in [0.25, 0.3) is 0 Å². The van der Waals surface area contributed by atoms with Crippen LogP contribution in [0.1, 0.15) is 32.6 Å². The van der Waals surface area contributed by atoms with Crippen LogP contribution in [0.2, 0.25) is 0 Å². The highest BCUT2D eigenvalue weighted by Gasteiger charge is 2.13. The molecule has 58 valence electrons. The van der Waals surface area contributed by atoms with Crippen LogP contribution in [0, 0.1) is 5.92 Å². The van der Waals surface area contributed by atoms with E-state index >= 15 is 0 Å². The maximum Gasteiger partial charge on any atom is 0.110 e. The molecule has 1 aliphatic rings. The Labute approximate surface area is 62.0 Å². The minimum atomic E-state index is 0.678. The number of nitrogens with two attached hydrogens (primary N) is 1. The summed E-state index contributed by atoms with van der Waals surface area (Å²) in [5, 5.41) is 0. The molecule has 2 N–H and O–H groups in total. The largest absolute Gasteiger partial charge is 0.419 e. The second-order valence-electron chi connectivity index (χ2n) is 2.98. The average molecular weight is 141 g/mol. The summed E-state index contributed by atoms with van der Waals surface area (Å²) in [4.78, 5) is 4.49. The predicted octanol–water partition coefficient (Wildman–Crippen LogP) is 1.97. The van der Waals surface area contributed by atoms with Crippen molar-refractivity contribution in [1.82, 2.24) is 0 Å². The molecule has 10 heavy (non-hydrogen) atoms. The van der Waals surface area contributed by atoms with Crippen LogP contribution in [0.15, 0.2) is 11.8 Å². The second-order valence-corrected chi connectivity index (χ2v) is 2.98. The van der Waals surface area contributed by atoms with Crippen LogP contribution < -0.4 is 5.90 Å². The van der Waals surface area contributed by atoms with Crippen LogP contribution in [-0.2, 0) is 4.84 Å². The summed E-state index contributed by atoms with van der Waals surface area (Å²) in [5.74, 6) is 5.62. The van der Waals surface area contributed by atoms with E-state index in [2.05, 4.69) is 11.8 Å². The molecule has 0 aromatic carbocycles. The lowest BCUT2D eigenvalue weighted by atomic mass is 9.86. The van der Waals surface area contributed by atoms with E-state index in [-0.39, 0.29) is 0 Å². The molecular weight excluding hydrogens is 126 g/mol. The van der Waals surface area contributed by atoms with E-state index in [4.69, 9.17) is 5.90 Å². The lowest BCUT2D eigenvalue weighted by molar-refractivity contribution is 0.250. The molecule has 1 aliphatic carbocycles. The van der Waals surface area contributed by atoms with Crippen LogP contribution >= 0.6 is 0 Å². The van der Waals surface area contributed by atoms with Crippen molar-refractivity contribution in [3.8, 4) is 0 Å². The Bertz CT molecular complexity index is 131. The first-order valence-electron chi connectivity index (χ1n) is 3.89. The molecule has 0 bridgehead atoms. The highest BCUT2D eigenvalue weighted by molar-refractivity contribution is 5.04. The van der Waals surface area contributed by atoms with Crippen molar-refractivity contribution in [2.75, 3.05) is 0 Å². The number of hydrogen-bond donors (Lipinski definition) is 1. The average Bonchev–Trinajstić information content (AvgIpc) is 1.94. The first kappa shape index (κ1) is 7.61. The van der Waals surface area contributed by atoms with Gasteiger partial charge in [0.2, 0.25) is 0 Å². The molecule has 0 aromatic rings. The fourth-order valence-corrected chi connectivity index (χ4v) is 1.47. The molecule has 1 atom stereocenters. The number of allylic oxidation sites excluding steroid dienone is 1. The molecule has 0 spiro atoms. The van der Waals surface area contributed by atoms with Crippen LogP contribution in [-0.4, -0.2) is 0 Å². The third-order valence-corrected chi connectivity index (χ3v) is 2.20. The fraction of sp³-hybridized carbons (Fsp3) is 0.750. The Balaban J connectivity index is 2.47. The zero-order valence-electron chi connectivity index (χ0n) is 6.47. The lowest BCUT2D eigenvalue weighted by Crippen LogP contribution is -2.07. The van der Waals surface area contributed by atoms with Gasteiger partial charge in [-0.2, -0.15) is 5.90 Å².